The fraction of sp³-hybridized carbons (Fsp3) is 0.588. The zero-order valence-electron chi connectivity index (χ0n) is 13.8. The molecular formula is C17H25N3O2S. The first-order valence-corrected chi connectivity index (χ1v) is 9.16. The van der Waals surface area contributed by atoms with E-state index in [2.05, 4.69) is 21.7 Å². The summed E-state index contributed by atoms with van der Waals surface area (Å²) < 4.78 is 5.61. The fourth-order valence-corrected chi connectivity index (χ4v) is 3.85. The highest BCUT2D eigenvalue weighted by atomic mass is 32.1. The molecule has 0 aromatic carbocycles. The molecule has 2 aromatic heterocycles. The molecule has 1 saturated heterocycles. The summed E-state index contributed by atoms with van der Waals surface area (Å²) >= 11 is 1.65. The second-order valence-corrected chi connectivity index (χ2v) is 7.21. The molecule has 3 heterocycles. The molecule has 5 nitrogen and oxygen atoms in total. The van der Waals surface area contributed by atoms with Crippen LogP contribution in [0.1, 0.15) is 26.0 Å². The summed E-state index contributed by atoms with van der Waals surface area (Å²) in [5, 5.41) is 11.7. The maximum Gasteiger partial charge on any atom is 0.236 e. The van der Waals surface area contributed by atoms with Crippen LogP contribution in [-0.4, -0.2) is 58.2 Å². The van der Waals surface area contributed by atoms with Crippen LogP contribution >= 0.6 is 11.3 Å². The van der Waals surface area contributed by atoms with Crippen molar-refractivity contribution < 1.29 is 9.52 Å². The summed E-state index contributed by atoms with van der Waals surface area (Å²) in [4.78, 5) is 10.5. The number of nitrogens with zero attached hydrogens (tertiary/aromatic N) is 3. The molecule has 2 aromatic rings. The zero-order chi connectivity index (χ0) is 16.2. The number of hydrogen-bond donors (Lipinski definition) is 1. The van der Waals surface area contributed by atoms with E-state index >= 15 is 0 Å². The van der Waals surface area contributed by atoms with Crippen molar-refractivity contribution in [1.82, 2.24) is 14.8 Å². The number of β-amino-alcohol motifs (C(OH)–C–C–N with tert-alkyl or cyclic N) is 1. The van der Waals surface area contributed by atoms with Crippen LogP contribution in [0.25, 0.3) is 10.8 Å². The van der Waals surface area contributed by atoms with Gasteiger partial charge in [-0.05, 0) is 24.8 Å². The summed E-state index contributed by atoms with van der Waals surface area (Å²) in [7, 11) is 0. The minimum Gasteiger partial charge on any atom is -0.444 e. The molecule has 1 aliphatic rings. The SMILES string of the molecule is CC[C@@H]1CN(Cc2coc(-c3cccs3)n2)CCN1C[C@@H](C)O. The van der Waals surface area contributed by atoms with E-state index in [1.165, 1.54) is 0 Å². The van der Waals surface area contributed by atoms with Gasteiger partial charge in [0.05, 0.1) is 16.7 Å². The van der Waals surface area contributed by atoms with Crippen LogP contribution in [0.15, 0.2) is 28.2 Å². The zero-order valence-corrected chi connectivity index (χ0v) is 14.6. The van der Waals surface area contributed by atoms with Gasteiger partial charge in [0.15, 0.2) is 0 Å². The van der Waals surface area contributed by atoms with E-state index in [1.807, 2.05) is 24.4 Å². The highest BCUT2D eigenvalue weighted by Crippen LogP contribution is 2.24. The summed E-state index contributed by atoms with van der Waals surface area (Å²) in [6.07, 6.45) is 2.61. The lowest BCUT2D eigenvalue weighted by atomic mass is 10.1. The van der Waals surface area contributed by atoms with Gasteiger partial charge in [0.1, 0.15) is 6.26 Å². The molecular weight excluding hydrogens is 310 g/mol. The molecule has 0 spiro atoms. The number of aromatic nitrogens is 1. The predicted octanol–water partition coefficient (Wildman–Crippen LogP) is 2.68. The van der Waals surface area contributed by atoms with Crippen molar-refractivity contribution in [3.63, 3.8) is 0 Å². The second kappa shape index (κ2) is 7.57. The Kier molecular flexibility index (Phi) is 5.48. The van der Waals surface area contributed by atoms with E-state index in [9.17, 15) is 5.11 Å². The quantitative estimate of drug-likeness (QED) is 0.879. The number of aliphatic hydroxyl groups excluding tert-OH is 1. The molecule has 1 N–H and O–H groups in total. The molecule has 0 aliphatic carbocycles. The lowest BCUT2D eigenvalue weighted by Gasteiger charge is -2.41. The van der Waals surface area contributed by atoms with Gasteiger partial charge in [-0.3, -0.25) is 9.80 Å². The average molecular weight is 335 g/mol. The minimum atomic E-state index is -0.264. The number of aliphatic hydroxyl groups is 1. The van der Waals surface area contributed by atoms with Gasteiger partial charge in [0.2, 0.25) is 5.89 Å². The maximum absolute atomic E-state index is 9.64. The van der Waals surface area contributed by atoms with Crippen LogP contribution in [0, 0.1) is 0 Å². The topological polar surface area (TPSA) is 52.7 Å². The number of thiophene rings is 1. The van der Waals surface area contributed by atoms with Gasteiger partial charge >= 0.3 is 0 Å². The Morgan fingerprint density at radius 1 is 1.48 bits per heavy atom. The Bertz CT molecular complexity index is 597. The van der Waals surface area contributed by atoms with Gasteiger partial charge in [-0.15, -0.1) is 11.3 Å². The molecule has 126 valence electrons. The third-order valence-electron chi connectivity index (χ3n) is 4.33. The molecule has 2 atom stereocenters. The van der Waals surface area contributed by atoms with Gasteiger partial charge in [-0.1, -0.05) is 13.0 Å². The van der Waals surface area contributed by atoms with Crippen LogP contribution in [0.4, 0.5) is 0 Å². The molecule has 0 bridgehead atoms. The van der Waals surface area contributed by atoms with Crippen molar-refractivity contribution in [2.24, 2.45) is 0 Å². The van der Waals surface area contributed by atoms with Crippen LogP contribution < -0.4 is 0 Å². The van der Waals surface area contributed by atoms with Crippen molar-refractivity contribution in [2.45, 2.75) is 39.0 Å². The highest BCUT2D eigenvalue weighted by molar-refractivity contribution is 7.13. The van der Waals surface area contributed by atoms with Gasteiger partial charge in [0, 0.05) is 38.8 Å². The Hall–Kier alpha value is -1.21. The average Bonchev–Trinajstić information content (AvgIpc) is 3.19. The van der Waals surface area contributed by atoms with Gasteiger partial charge in [-0.2, -0.15) is 0 Å². The molecule has 1 aliphatic heterocycles. The summed E-state index contributed by atoms with van der Waals surface area (Å²) in [5.41, 5.74) is 0.993. The van der Waals surface area contributed by atoms with E-state index in [0.717, 1.165) is 55.6 Å². The molecule has 3 rings (SSSR count). The van der Waals surface area contributed by atoms with Crippen molar-refractivity contribution >= 4 is 11.3 Å². The second-order valence-electron chi connectivity index (χ2n) is 6.26. The predicted molar refractivity (Wildman–Crippen MR) is 92.4 cm³/mol. The Morgan fingerprint density at radius 3 is 3.04 bits per heavy atom. The van der Waals surface area contributed by atoms with Crippen molar-refractivity contribution in [2.75, 3.05) is 26.2 Å². The first-order valence-electron chi connectivity index (χ1n) is 8.28. The Morgan fingerprint density at radius 2 is 2.35 bits per heavy atom. The number of hydrogen-bond acceptors (Lipinski definition) is 6. The first kappa shape index (κ1) is 16.6. The van der Waals surface area contributed by atoms with Gasteiger partial charge in [0.25, 0.3) is 0 Å². The van der Waals surface area contributed by atoms with E-state index in [-0.39, 0.29) is 6.10 Å². The summed E-state index contributed by atoms with van der Waals surface area (Å²) in [6.45, 7) is 8.69. The van der Waals surface area contributed by atoms with E-state index in [0.29, 0.717) is 6.04 Å². The van der Waals surface area contributed by atoms with Crippen molar-refractivity contribution in [1.29, 1.82) is 0 Å². The molecule has 0 radical (unpaired) electrons. The standard InChI is InChI=1S/C17H25N3O2S/c1-3-15-11-19(6-7-20(15)9-13(2)21)10-14-12-22-17(18-14)16-5-4-8-23-16/h4-5,8,12-13,15,21H,3,6-7,9-11H2,1-2H3/t13-,15-/m1/s1. The summed E-state index contributed by atoms with van der Waals surface area (Å²) in [5.74, 6) is 0.717. The first-order chi connectivity index (χ1) is 11.2. The van der Waals surface area contributed by atoms with Crippen LogP contribution in [0.5, 0.6) is 0 Å². The Labute approximate surface area is 141 Å². The van der Waals surface area contributed by atoms with Gasteiger partial charge < -0.3 is 9.52 Å². The van der Waals surface area contributed by atoms with Crippen LogP contribution in [-0.2, 0) is 6.54 Å². The fourth-order valence-electron chi connectivity index (χ4n) is 3.19. The van der Waals surface area contributed by atoms with E-state index in [4.69, 9.17) is 4.42 Å². The number of rotatable bonds is 6. The van der Waals surface area contributed by atoms with Crippen molar-refractivity contribution in [3.05, 3.63) is 29.5 Å². The molecule has 23 heavy (non-hydrogen) atoms. The largest absolute Gasteiger partial charge is 0.444 e. The smallest absolute Gasteiger partial charge is 0.236 e. The monoisotopic (exact) mass is 335 g/mol. The van der Waals surface area contributed by atoms with Crippen LogP contribution in [0.2, 0.25) is 0 Å². The Balaban J connectivity index is 1.59. The summed E-state index contributed by atoms with van der Waals surface area (Å²) in [6, 6.07) is 4.54. The lowest BCUT2D eigenvalue weighted by molar-refractivity contribution is 0.0333. The third kappa shape index (κ3) is 4.20. The maximum atomic E-state index is 9.64. The minimum absolute atomic E-state index is 0.264. The lowest BCUT2D eigenvalue weighted by Crippen LogP contribution is -2.54. The molecule has 1 fully saturated rings. The van der Waals surface area contributed by atoms with Crippen LogP contribution in [0.3, 0.4) is 0 Å². The van der Waals surface area contributed by atoms with E-state index < -0.39 is 0 Å². The van der Waals surface area contributed by atoms with Crippen molar-refractivity contribution in [3.8, 4) is 10.8 Å². The highest BCUT2D eigenvalue weighted by Gasteiger charge is 2.26. The van der Waals surface area contributed by atoms with Gasteiger partial charge in [-0.25, -0.2) is 4.98 Å². The van der Waals surface area contributed by atoms with E-state index in [1.54, 1.807) is 17.6 Å². The number of piperazine rings is 1. The number of oxazole rings is 1. The molecule has 6 heteroatoms. The normalized spacial score (nSPS) is 21.6. The molecule has 0 amide bonds. The third-order valence-corrected chi connectivity index (χ3v) is 5.19. The molecule has 0 saturated carbocycles. The molecule has 0 unspecified atom stereocenters.